The number of nitrogens with one attached hydrogen (secondary N) is 1. The molecule has 7 nitrogen and oxygen atoms in total. The highest BCUT2D eigenvalue weighted by Crippen LogP contribution is 2.32. The van der Waals surface area contributed by atoms with Gasteiger partial charge in [0.25, 0.3) is 5.91 Å². The molecule has 2 saturated heterocycles. The van der Waals surface area contributed by atoms with Crippen LogP contribution in [0.3, 0.4) is 0 Å². The average molecular weight is 382 g/mol. The monoisotopic (exact) mass is 382 g/mol. The molecule has 3 heterocycles. The Labute approximate surface area is 165 Å². The summed E-state index contributed by atoms with van der Waals surface area (Å²) in [5.41, 5.74) is 3.41. The van der Waals surface area contributed by atoms with Crippen molar-refractivity contribution < 1.29 is 14.3 Å². The number of hydrogen-bond acceptors (Lipinski definition) is 6. The minimum atomic E-state index is -0.436. The summed E-state index contributed by atoms with van der Waals surface area (Å²) in [5, 5.41) is 2.95. The maximum Gasteiger partial charge on any atom is 0.270 e. The SMILES string of the molecule is Cc1cccc(CNC(=O)c2cc(C)nc(N3CCC4(CC3)OCCO4)n2)c1. The number of hydrogen-bond donors (Lipinski definition) is 1. The molecule has 0 bridgehead atoms. The lowest BCUT2D eigenvalue weighted by Crippen LogP contribution is -2.45. The Morgan fingerprint density at radius 2 is 1.89 bits per heavy atom. The topological polar surface area (TPSA) is 76.6 Å². The summed E-state index contributed by atoms with van der Waals surface area (Å²) >= 11 is 0. The smallest absolute Gasteiger partial charge is 0.270 e. The van der Waals surface area contributed by atoms with E-state index in [4.69, 9.17) is 9.47 Å². The van der Waals surface area contributed by atoms with Crippen molar-refractivity contribution in [2.24, 2.45) is 0 Å². The lowest BCUT2D eigenvalue weighted by molar-refractivity contribution is -0.169. The number of aryl methyl sites for hydroxylation is 2. The molecule has 2 aliphatic heterocycles. The van der Waals surface area contributed by atoms with Crippen molar-refractivity contribution in [2.75, 3.05) is 31.2 Å². The Hall–Kier alpha value is -2.51. The molecule has 0 aliphatic carbocycles. The fourth-order valence-corrected chi connectivity index (χ4v) is 3.74. The van der Waals surface area contributed by atoms with Gasteiger partial charge in [0.05, 0.1) is 13.2 Å². The fraction of sp³-hybridized carbons (Fsp3) is 0.476. The maximum atomic E-state index is 12.6. The van der Waals surface area contributed by atoms with Crippen LogP contribution >= 0.6 is 0 Å². The van der Waals surface area contributed by atoms with Crippen molar-refractivity contribution in [3.8, 4) is 0 Å². The zero-order valence-electron chi connectivity index (χ0n) is 16.4. The Bertz CT molecular complexity index is 854. The van der Waals surface area contributed by atoms with E-state index in [9.17, 15) is 4.79 Å². The lowest BCUT2D eigenvalue weighted by Gasteiger charge is -2.37. The zero-order valence-corrected chi connectivity index (χ0v) is 16.4. The van der Waals surface area contributed by atoms with E-state index < -0.39 is 5.79 Å². The van der Waals surface area contributed by atoms with E-state index in [-0.39, 0.29) is 5.91 Å². The van der Waals surface area contributed by atoms with Crippen LogP contribution in [0.2, 0.25) is 0 Å². The van der Waals surface area contributed by atoms with Crippen LogP contribution in [0.1, 0.15) is 40.2 Å². The van der Waals surface area contributed by atoms with Gasteiger partial charge in [-0.05, 0) is 25.5 Å². The predicted octanol–water partition coefficient (Wildman–Crippen LogP) is 2.37. The Balaban J connectivity index is 1.42. The third-order valence-electron chi connectivity index (χ3n) is 5.23. The predicted molar refractivity (Wildman–Crippen MR) is 105 cm³/mol. The molecular weight excluding hydrogens is 356 g/mol. The summed E-state index contributed by atoms with van der Waals surface area (Å²) in [5.74, 6) is -0.0355. The third kappa shape index (κ3) is 4.15. The quantitative estimate of drug-likeness (QED) is 0.875. The second-order valence-corrected chi connectivity index (χ2v) is 7.46. The highest BCUT2D eigenvalue weighted by molar-refractivity contribution is 5.92. The second-order valence-electron chi connectivity index (χ2n) is 7.46. The number of rotatable bonds is 4. The molecule has 1 aromatic carbocycles. The molecule has 2 aliphatic rings. The standard InChI is InChI=1S/C21H26N4O3/c1-15-4-3-5-17(12-15)14-22-19(26)18-13-16(2)23-20(24-18)25-8-6-21(7-9-25)27-10-11-28-21/h3-5,12-13H,6-11,14H2,1-2H3,(H,22,26). The van der Waals surface area contributed by atoms with E-state index in [1.54, 1.807) is 6.07 Å². The minimum absolute atomic E-state index is 0.191. The van der Waals surface area contributed by atoms with Crippen LogP contribution in [-0.2, 0) is 16.0 Å². The van der Waals surface area contributed by atoms with Crippen molar-refractivity contribution in [3.05, 3.63) is 52.8 Å². The van der Waals surface area contributed by atoms with Gasteiger partial charge in [-0.15, -0.1) is 0 Å². The first-order valence-electron chi connectivity index (χ1n) is 9.75. The van der Waals surface area contributed by atoms with Crippen LogP contribution in [-0.4, -0.2) is 48.0 Å². The number of ether oxygens (including phenoxy) is 2. The van der Waals surface area contributed by atoms with Gasteiger partial charge in [0.1, 0.15) is 5.69 Å². The number of benzene rings is 1. The lowest BCUT2D eigenvalue weighted by atomic mass is 10.0. The molecule has 1 amide bonds. The molecule has 1 N–H and O–H groups in total. The Morgan fingerprint density at radius 3 is 2.61 bits per heavy atom. The van der Waals surface area contributed by atoms with E-state index in [1.807, 2.05) is 32.0 Å². The molecule has 4 rings (SSSR count). The van der Waals surface area contributed by atoms with Crippen LogP contribution in [0, 0.1) is 13.8 Å². The number of aromatic nitrogens is 2. The molecule has 0 atom stereocenters. The van der Waals surface area contributed by atoms with Gasteiger partial charge < -0.3 is 19.7 Å². The van der Waals surface area contributed by atoms with Crippen molar-refractivity contribution >= 4 is 11.9 Å². The number of nitrogens with zero attached hydrogens (tertiary/aromatic N) is 3. The Kier molecular flexibility index (Phi) is 5.28. The number of carbonyl (C=O) groups excluding carboxylic acids is 1. The van der Waals surface area contributed by atoms with Crippen LogP contribution in [0.25, 0.3) is 0 Å². The molecule has 2 aromatic rings. The van der Waals surface area contributed by atoms with Gasteiger partial charge in [0, 0.05) is 38.2 Å². The van der Waals surface area contributed by atoms with Crippen LogP contribution in [0.4, 0.5) is 5.95 Å². The van der Waals surface area contributed by atoms with Gasteiger partial charge in [-0.3, -0.25) is 4.79 Å². The molecule has 0 unspecified atom stereocenters. The van der Waals surface area contributed by atoms with E-state index in [0.717, 1.165) is 37.2 Å². The summed E-state index contributed by atoms with van der Waals surface area (Å²) in [6.45, 7) is 7.20. The molecular formula is C21H26N4O3. The third-order valence-corrected chi connectivity index (χ3v) is 5.23. The number of carbonyl (C=O) groups is 1. The summed E-state index contributed by atoms with van der Waals surface area (Å²) in [4.78, 5) is 23.8. The summed E-state index contributed by atoms with van der Waals surface area (Å²) in [7, 11) is 0. The minimum Gasteiger partial charge on any atom is -0.347 e. The van der Waals surface area contributed by atoms with Gasteiger partial charge in [-0.2, -0.15) is 0 Å². The van der Waals surface area contributed by atoms with Crippen LogP contribution in [0.5, 0.6) is 0 Å². The highest BCUT2D eigenvalue weighted by Gasteiger charge is 2.40. The number of piperidine rings is 1. The first-order chi connectivity index (χ1) is 13.5. The molecule has 0 saturated carbocycles. The van der Waals surface area contributed by atoms with Crippen molar-refractivity contribution in [1.29, 1.82) is 0 Å². The molecule has 1 spiro atoms. The molecule has 28 heavy (non-hydrogen) atoms. The van der Waals surface area contributed by atoms with Gasteiger partial charge in [-0.25, -0.2) is 9.97 Å². The van der Waals surface area contributed by atoms with E-state index in [2.05, 4.69) is 26.3 Å². The van der Waals surface area contributed by atoms with Gasteiger partial charge in [-0.1, -0.05) is 29.8 Å². The zero-order chi connectivity index (χ0) is 19.6. The molecule has 7 heteroatoms. The van der Waals surface area contributed by atoms with Crippen molar-refractivity contribution in [2.45, 2.75) is 39.0 Å². The number of anilines is 1. The van der Waals surface area contributed by atoms with Crippen molar-refractivity contribution in [3.63, 3.8) is 0 Å². The summed E-state index contributed by atoms with van der Waals surface area (Å²) in [6.07, 6.45) is 1.55. The largest absolute Gasteiger partial charge is 0.347 e. The van der Waals surface area contributed by atoms with Gasteiger partial charge in [0.15, 0.2) is 5.79 Å². The van der Waals surface area contributed by atoms with Crippen LogP contribution < -0.4 is 10.2 Å². The Morgan fingerprint density at radius 1 is 1.14 bits per heavy atom. The molecule has 148 valence electrons. The highest BCUT2D eigenvalue weighted by atomic mass is 16.7. The van der Waals surface area contributed by atoms with Gasteiger partial charge >= 0.3 is 0 Å². The van der Waals surface area contributed by atoms with E-state index in [1.165, 1.54) is 5.56 Å². The first-order valence-corrected chi connectivity index (χ1v) is 9.75. The summed E-state index contributed by atoms with van der Waals surface area (Å²) < 4.78 is 11.6. The molecule has 1 aromatic heterocycles. The van der Waals surface area contributed by atoms with Crippen LogP contribution in [0.15, 0.2) is 30.3 Å². The van der Waals surface area contributed by atoms with Gasteiger partial charge in [0.2, 0.25) is 5.95 Å². The van der Waals surface area contributed by atoms with Crippen molar-refractivity contribution in [1.82, 2.24) is 15.3 Å². The second kappa shape index (κ2) is 7.85. The van der Waals surface area contributed by atoms with E-state index >= 15 is 0 Å². The first kappa shape index (κ1) is 18.8. The molecule has 0 radical (unpaired) electrons. The molecule has 2 fully saturated rings. The maximum absolute atomic E-state index is 12.6. The number of amides is 1. The van der Waals surface area contributed by atoms with E-state index in [0.29, 0.717) is 31.4 Å². The average Bonchev–Trinajstić information content (AvgIpc) is 3.14. The summed E-state index contributed by atoms with van der Waals surface area (Å²) in [6, 6.07) is 9.82. The fourth-order valence-electron chi connectivity index (χ4n) is 3.74. The normalized spacial score (nSPS) is 18.4.